The molecule has 1 fully saturated rings. The molecule has 0 bridgehead atoms. The highest BCUT2D eigenvalue weighted by Crippen LogP contribution is 2.34. The monoisotopic (exact) mass is 273 g/mol. The standard InChI is InChI=1S/C14H18F3NO/c1-19-10-13(8-2-3-9-18-13)11-4-6-12(7-5-11)14(15,16)17/h4-7,18H,2-3,8-10H2,1H3. The van der Waals surface area contributed by atoms with Gasteiger partial charge in [0.15, 0.2) is 0 Å². The van der Waals surface area contributed by atoms with Crippen LogP contribution in [0.2, 0.25) is 0 Å². The molecule has 106 valence electrons. The van der Waals surface area contributed by atoms with Gasteiger partial charge in [0.1, 0.15) is 0 Å². The molecule has 0 aliphatic carbocycles. The van der Waals surface area contributed by atoms with E-state index in [-0.39, 0.29) is 5.54 Å². The second kappa shape index (κ2) is 5.51. The van der Waals surface area contributed by atoms with Crippen LogP contribution in [0, 0.1) is 0 Å². The van der Waals surface area contributed by atoms with Crippen molar-refractivity contribution in [1.29, 1.82) is 0 Å². The second-order valence-electron chi connectivity index (χ2n) is 4.97. The summed E-state index contributed by atoms with van der Waals surface area (Å²) in [6, 6.07) is 5.40. The largest absolute Gasteiger partial charge is 0.416 e. The summed E-state index contributed by atoms with van der Waals surface area (Å²) in [7, 11) is 1.61. The molecule has 2 nitrogen and oxygen atoms in total. The van der Waals surface area contributed by atoms with E-state index in [1.807, 2.05) is 0 Å². The van der Waals surface area contributed by atoms with Crippen molar-refractivity contribution in [1.82, 2.24) is 5.32 Å². The summed E-state index contributed by atoms with van der Waals surface area (Å²) < 4.78 is 42.9. The van der Waals surface area contributed by atoms with Crippen LogP contribution in [-0.2, 0) is 16.5 Å². The molecule has 1 heterocycles. The van der Waals surface area contributed by atoms with Gasteiger partial charge in [-0.3, -0.25) is 0 Å². The van der Waals surface area contributed by atoms with Crippen molar-refractivity contribution in [3.8, 4) is 0 Å². The summed E-state index contributed by atoms with van der Waals surface area (Å²) >= 11 is 0. The number of benzene rings is 1. The topological polar surface area (TPSA) is 21.3 Å². The van der Waals surface area contributed by atoms with Crippen LogP contribution in [0.5, 0.6) is 0 Å². The molecule has 1 aliphatic heterocycles. The zero-order valence-corrected chi connectivity index (χ0v) is 10.9. The molecule has 1 atom stereocenters. The summed E-state index contributed by atoms with van der Waals surface area (Å²) in [6.45, 7) is 1.34. The maximum atomic E-state index is 12.6. The van der Waals surface area contributed by atoms with Gasteiger partial charge in [0.25, 0.3) is 0 Å². The molecule has 1 aromatic rings. The van der Waals surface area contributed by atoms with E-state index < -0.39 is 11.7 Å². The van der Waals surface area contributed by atoms with E-state index in [2.05, 4.69) is 5.32 Å². The van der Waals surface area contributed by atoms with Crippen LogP contribution in [-0.4, -0.2) is 20.3 Å². The van der Waals surface area contributed by atoms with Crippen LogP contribution >= 0.6 is 0 Å². The number of halogens is 3. The summed E-state index contributed by atoms with van der Waals surface area (Å²) in [5.74, 6) is 0. The Morgan fingerprint density at radius 1 is 1.21 bits per heavy atom. The van der Waals surface area contributed by atoms with E-state index in [1.54, 1.807) is 19.2 Å². The maximum Gasteiger partial charge on any atom is 0.416 e. The Balaban J connectivity index is 2.27. The predicted molar refractivity (Wildman–Crippen MR) is 66.9 cm³/mol. The van der Waals surface area contributed by atoms with Crippen LogP contribution in [0.15, 0.2) is 24.3 Å². The molecular formula is C14H18F3NO. The van der Waals surface area contributed by atoms with E-state index in [4.69, 9.17) is 4.74 Å². The number of methoxy groups -OCH3 is 1. The fourth-order valence-corrected chi connectivity index (χ4v) is 2.65. The highest BCUT2D eigenvalue weighted by molar-refractivity contribution is 5.30. The van der Waals surface area contributed by atoms with Gasteiger partial charge in [0.05, 0.1) is 17.7 Å². The SMILES string of the molecule is COCC1(c2ccc(C(F)(F)F)cc2)CCCCN1. The molecular weight excluding hydrogens is 255 g/mol. The Bertz CT molecular complexity index is 402. The Morgan fingerprint density at radius 3 is 2.37 bits per heavy atom. The molecule has 0 amide bonds. The van der Waals surface area contributed by atoms with Crippen LogP contribution in [0.1, 0.15) is 30.4 Å². The molecule has 0 spiro atoms. The maximum absolute atomic E-state index is 12.6. The normalized spacial score (nSPS) is 24.4. The summed E-state index contributed by atoms with van der Waals surface area (Å²) in [6.07, 6.45) is -1.26. The Hall–Kier alpha value is -1.07. The number of piperidine rings is 1. The predicted octanol–water partition coefficient (Wildman–Crippen LogP) is 3.32. The van der Waals surface area contributed by atoms with E-state index in [0.29, 0.717) is 6.61 Å². The van der Waals surface area contributed by atoms with Gasteiger partial charge in [0.2, 0.25) is 0 Å². The van der Waals surface area contributed by atoms with Gasteiger partial charge < -0.3 is 10.1 Å². The molecule has 0 saturated carbocycles. The van der Waals surface area contributed by atoms with Crippen molar-refractivity contribution in [2.24, 2.45) is 0 Å². The van der Waals surface area contributed by atoms with Gasteiger partial charge in [-0.15, -0.1) is 0 Å². The zero-order valence-electron chi connectivity index (χ0n) is 10.9. The van der Waals surface area contributed by atoms with Gasteiger partial charge in [-0.2, -0.15) is 13.2 Å². The van der Waals surface area contributed by atoms with Crippen molar-refractivity contribution < 1.29 is 17.9 Å². The Morgan fingerprint density at radius 2 is 1.89 bits per heavy atom. The van der Waals surface area contributed by atoms with Gasteiger partial charge in [-0.05, 0) is 43.5 Å². The number of hydrogen-bond acceptors (Lipinski definition) is 2. The second-order valence-corrected chi connectivity index (χ2v) is 4.97. The van der Waals surface area contributed by atoms with Crippen LogP contribution in [0.25, 0.3) is 0 Å². The van der Waals surface area contributed by atoms with Crippen molar-refractivity contribution in [3.63, 3.8) is 0 Å². The third kappa shape index (κ3) is 3.09. The molecule has 1 N–H and O–H groups in total. The lowest BCUT2D eigenvalue weighted by Gasteiger charge is -2.38. The van der Waals surface area contributed by atoms with E-state index in [0.717, 1.165) is 43.5 Å². The van der Waals surface area contributed by atoms with Crippen LogP contribution < -0.4 is 5.32 Å². The highest BCUT2D eigenvalue weighted by Gasteiger charge is 2.35. The minimum Gasteiger partial charge on any atom is -0.382 e. The molecule has 2 rings (SSSR count). The van der Waals surface area contributed by atoms with E-state index in [9.17, 15) is 13.2 Å². The van der Waals surface area contributed by atoms with Crippen LogP contribution in [0.4, 0.5) is 13.2 Å². The minimum absolute atomic E-state index is 0.350. The molecule has 0 radical (unpaired) electrons. The number of rotatable bonds is 3. The zero-order chi connectivity index (χ0) is 13.9. The smallest absolute Gasteiger partial charge is 0.382 e. The van der Waals surface area contributed by atoms with E-state index in [1.165, 1.54) is 0 Å². The van der Waals surface area contributed by atoms with Crippen molar-refractivity contribution >= 4 is 0 Å². The molecule has 1 aromatic carbocycles. The first-order valence-corrected chi connectivity index (χ1v) is 6.40. The summed E-state index contributed by atoms with van der Waals surface area (Å²) in [5, 5.41) is 3.40. The van der Waals surface area contributed by atoms with Gasteiger partial charge in [0, 0.05) is 7.11 Å². The number of hydrogen-bond donors (Lipinski definition) is 1. The first kappa shape index (κ1) is 14.3. The van der Waals surface area contributed by atoms with Gasteiger partial charge in [-0.1, -0.05) is 12.1 Å². The molecule has 1 saturated heterocycles. The minimum atomic E-state index is -4.28. The number of alkyl halides is 3. The lowest BCUT2D eigenvalue weighted by molar-refractivity contribution is -0.137. The lowest BCUT2D eigenvalue weighted by atomic mass is 9.82. The fourth-order valence-electron chi connectivity index (χ4n) is 2.65. The highest BCUT2D eigenvalue weighted by atomic mass is 19.4. The molecule has 5 heteroatoms. The molecule has 1 aliphatic rings. The first-order valence-electron chi connectivity index (χ1n) is 6.40. The van der Waals surface area contributed by atoms with Crippen molar-refractivity contribution in [2.45, 2.75) is 31.0 Å². The average Bonchev–Trinajstić information content (AvgIpc) is 2.39. The molecule has 19 heavy (non-hydrogen) atoms. The Labute approximate surface area is 111 Å². The summed E-state index contributed by atoms with van der Waals surface area (Å²) in [5.41, 5.74) is -0.0985. The van der Waals surface area contributed by atoms with Gasteiger partial charge >= 0.3 is 6.18 Å². The number of nitrogens with one attached hydrogen (secondary N) is 1. The third-order valence-electron chi connectivity index (χ3n) is 3.65. The summed E-state index contributed by atoms with van der Waals surface area (Å²) in [4.78, 5) is 0. The van der Waals surface area contributed by atoms with Crippen molar-refractivity contribution in [3.05, 3.63) is 35.4 Å². The van der Waals surface area contributed by atoms with Gasteiger partial charge in [-0.25, -0.2) is 0 Å². The van der Waals surface area contributed by atoms with E-state index >= 15 is 0 Å². The lowest BCUT2D eigenvalue weighted by Crippen LogP contribution is -2.49. The Kier molecular flexibility index (Phi) is 4.16. The van der Waals surface area contributed by atoms with Crippen LogP contribution in [0.3, 0.4) is 0 Å². The fraction of sp³-hybridized carbons (Fsp3) is 0.571. The third-order valence-corrected chi connectivity index (χ3v) is 3.65. The average molecular weight is 273 g/mol. The quantitative estimate of drug-likeness (QED) is 0.912. The first-order chi connectivity index (χ1) is 8.98. The number of ether oxygens (including phenoxy) is 1. The molecule has 1 unspecified atom stereocenters. The van der Waals surface area contributed by atoms with Crippen molar-refractivity contribution in [2.75, 3.05) is 20.3 Å². The molecule has 0 aromatic heterocycles.